The Labute approximate surface area is 114 Å². The molecule has 3 nitrogen and oxygen atoms in total. The fraction of sp³-hybridized carbons (Fsp3) is 0. The number of aromatic carboxylic acids is 1. The molecular weight excluding hydrogens is 250 g/mol. The predicted molar refractivity (Wildman–Crippen MR) is 80.3 cm³/mol. The minimum atomic E-state index is -0.899. The van der Waals surface area contributed by atoms with E-state index in [-0.39, 0.29) is 0 Å². The summed E-state index contributed by atoms with van der Waals surface area (Å²) in [5.41, 5.74) is 2.46. The minimum absolute atomic E-state index is 0.313. The van der Waals surface area contributed by atoms with Crippen molar-refractivity contribution < 1.29 is 9.90 Å². The van der Waals surface area contributed by atoms with Gasteiger partial charge < -0.3 is 10.1 Å². The quantitative estimate of drug-likeness (QED) is 0.540. The van der Waals surface area contributed by atoms with Crippen LogP contribution in [0.15, 0.2) is 54.6 Å². The molecule has 3 aromatic carbocycles. The lowest BCUT2D eigenvalue weighted by atomic mass is 10.0. The maximum atomic E-state index is 11.0. The maximum Gasteiger partial charge on any atom is 0.335 e. The molecule has 1 heterocycles. The highest BCUT2D eigenvalue weighted by molar-refractivity contribution is 6.17. The molecule has 4 aromatic rings. The number of hydrogen-bond acceptors (Lipinski definition) is 1. The molecule has 2 N–H and O–H groups in total. The summed E-state index contributed by atoms with van der Waals surface area (Å²) in [6, 6.07) is 17.4. The minimum Gasteiger partial charge on any atom is -0.478 e. The molecular formula is C17H11NO2. The maximum absolute atomic E-state index is 11.0. The second-order valence-corrected chi connectivity index (χ2v) is 4.90. The molecule has 0 aliphatic rings. The van der Waals surface area contributed by atoms with E-state index in [2.05, 4.69) is 11.1 Å². The number of carboxylic acids is 1. The number of aromatic amines is 1. The van der Waals surface area contributed by atoms with E-state index in [9.17, 15) is 4.79 Å². The van der Waals surface area contributed by atoms with Crippen LogP contribution in [-0.4, -0.2) is 16.1 Å². The van der Waals surface area contributed by atoms with Crippen LogP contribution in [0.2, 0.25) is 0 Å². The summed E-state index contributed by atoms with van der Waals surface area (Å²) >= 11 is 0. The van der Waals surface area contributed by atoms with Gasteiger partial charge >= 0.3 is 5.97 Å². The van der Waals surface area contributed by atoms with E-state index in [0.717, 1.165) is 27.2 Å². The highest BCUT2D eigenvalue weighted by Crippen LogP contribution is 2.31. The van der Waals surface area contributed by atoms with Gasteiger partial charge in [-0.3, -0.25) is 0 Å². The Morgan fingerprint density at radius 1 is 0.900 bits per heavy atom. The molecule has 0 amide bonds. The van der Waals surface area contributed by atoms with E-state index < -0.39 is 5.97 Å². The molecule has 0 aliphatic carbocycles. The zero-order valence-electron chi connectivity index (χ0n) is 10.6. The Balaban J connectivity index is 2.16. The van der Waals surface area contributed by atoms with Gasteiger partial charge in [-0.15, -0.1) is 0 Å². The second-order valence-electron chi connectivity index (χ2n) is 4.90. The predicted octanol–water partition coefficient (Wildman–Crippen LogP) is 4.17. The van der Waals surface area contributed by atoms with Crippen molar-refractivity contribution in [2.45, 2.75) is 0 Å². The zero-order valence-corrected chi connectivity index (χ0v) is 10.6. The molecule has 0 saturated heterocycles. The highest BCUT2D eigenvalue weighted by atomic mass is 16.4. The van der Waals surface area contributed by atoms with E-state index in [1.54, 1.807) is 12.1 Å². The summed E-state index contributed by atoms with van der Waals surface area (Å²) < 4.78 is 0. The van der Waals surface area contributed by atoms with Crippen LogP contribution in [-0.2, 0) is 0 Å². The first-order valence-corrected chi connectivity index (χ1v) is 6.40. The summed E-state index contributed by atoms with van der Waals surface area (Å²) in [6.45, 7) is 0. The summed E-state index contributed by atoms with van der Waals surface area (Å²) in [6.07, 6.45) is 0. The van der Waals surface area contributed by atoms with Crippen molar-refractivity contribution in [2.24, 2.45) is 0 Å². The standard InChI is InChI=1S/C17H11NO2/c19-17(20)11-6-7-12-10(9-11)5-8-14-13-3-1-2-4-15(13)18-16(12)14/h1-9,18H,(H,19,20). The number of carboxylic acid groups (broad SMARTS) is 1. The molecule has 96 valence electrons. The molecule has 0 aliphatic heterocycles. The van der Waals surface area contributed by atoms with Crippen LogP contribution < -0.4 is 0 Å². The number of aromatic nitrogens is 1. The number of hydrogen-bond donors (Lipinski definition) is 2. The largest absolute Gasteiger partial charge is 0.478 e. The van der Waals surface area contributed by atoms with Gasteiger partial charge in [0.05, 0.1) is 11.1 Å². The van der Waals surface area contributed by atoms with Gasteiger partial charge in [0.25, 0.3) is 0 Å². The fourth-order valence-corrected chi connectivity index (χ4v) is 2.78. The monoisotopic (exact) mass is 261 g/mol. The molecule has 0 saturated carbocycles. The van der Waals surface area contributed by atoms with E-state index in [0.29, 0.717) is 5.56 Å². The molecule has 0 radical (unpaired) electrons. The van der Waals surface area contributed by atoms with Gasteiger partial charge in [-0.1, -0.05) is 36.4 Å². The Bertz CT molecular complexity index is 982. The normalized spacial score (nSPS) is 11.4. The van der Waals surface area contributed by atoms with Crippen molar-refractivity contribution in [3.8, 4) is 0 Å². The Hall–Kier alpha value is -2.81. The average Bonchev–Trinajstić information content (AvgIpc) is 2.85. The lowest BCUT2D eigenvalue weighted by Gasteiger charge is -2.01. The van der Waals surface area contributed by atoms with E-state index in [4.69, 9.17) is 5.11 Å². The van der Waals surface area contributed by atoms with Gasteiger partial charge in [0, 0.05) is 21.7 Å². The van der Waals surface area contributed by atoms with Gasteiger partial charge in [0.1, 0.15) is 0 Å². The van der Waals surface area contributed by atoms with Crippen molar-refractivity contribution in [2.75, 3.05) is 0 Å². The third-order valence-electron chi connectivity index (χ3n) is 3.74. The van der Waals surface area contributed by atoms with E-state index >= 15 is 0 Å². The van der Waals surface area contributed by atoms with Gasteiger partial charge in [-0.05, 0) is 23.6 Å². The summed E-state index contributed by atoms with van der Waals surface area (Å²) in [5.74, 6) is -0.899. The Morgan fingerprint density at radius 2 is 1.70 bits per heavy atom. The first kappa shape index (κ1) is 11.1. The number of carbonyl (C=O) groups is 1. The van der Waals surface area contributed by atoms with Crippen LogP contribution in [0.5, 0.6) is 0 Å². The van der Waals surface area contributed by atoms with Gasteiger partial charge in [0.2, 0.25) is 0 Å². The molecule has 0 unspecified atom stereocenters. The molecule has 20 heavy (non-hydrogen) atoms. The van der Waals surface area contributed by atoms with Crippen molar-refractivity contribution in [1.82, 2.24) is 4.98 Å². The number of para-hydroxylation sites is 1. The summed E-state index contributed by atoms with van der Waals surface area (Å²) in [4.78, 5) is 14.5. The molecule has 1 aromatic heterocycles. The first-order chi connectivity index (χ1) is 9.74. The van der Waals surface area contributed by atoms with Crippen LogP contribution in [0.4, 0.5) is 0 Å². The molecule has 4 rings (SSSR count). The number of benzene rings is 3. The van der Waals surface area contributed by atoms with Gasteiger partial charge in [-0.2, -0.15) is 0 Å². The van der Waals surface area contributed by atoms with E-state index in [1.165, 1.54) is 5.39 Å². The number of fused-ring (bicyclic) bond motifs is 5. The van der Waals surface area contributed by atoms with Crippen LogP contribution in [0.3, 0.4) is 0 Å². The lowest BCUT2D eigenvalue weighted by molar-refractivity contribution is 0.0697. The molecule has 0 bridgehead atoms. The smallest absolute Gasteiger partial charge is 0.335 e. The average molecular weight is 261 g/mol. The third-order valence-corrected chi connectivity index (χ3v) is 3.74. The van der Waals surface area contributed by atoms with Crippen LogP contribution in [0, 0.1) is 0 Å². The number of nitrogens with one attached hydrogen (secondary N) is 1. The van der Waals surface area contributed by atoms with Gasteiger partial charge in [-0.25, -0.2) is 4.79 Å². The summed E-state index contributed by atoms with van der Waals surface area (Å²) in [7, 11) is 0. The van der Waals surface area contributed by atoms with Crippen LogP contribution in [0.1, 0.15) is 10.4 Å². The zero-order chi connectivity index (χ0) is 13.7. The van der Waals surface area contributed by atoms with Crippen LogP contribution in [0.25, 0.3) is 32.6 Å². The van der Waals surface area contributed by atoms with Crippen molar-refractivity contribution in [3.63, 3.8) is 0 Å². The number of H-pyrrole nitrogens is 1. The molecule has 3 heteroatoms. The summed E-state index contributed by atoms with van der Waals surface area (Å²) in [5, 5.41) is 13.4. The van der Waals surface area contributed by atoms with Crippen molar-refractivity contribution >= 4 is 38.5 Å². The fourth-order valence-electron chi connectivity index (χ4n) is 2.78. The first-order valence-electron chi connectivity index (χ1n) is 6.40. The molecule has 0 atom stereocenters. The molecule has 0 fully saturated rings. The van der Waals surface area contributed by atoms with Crippen molar-refractivity contribution in [3.05, 3.63) is 60.2 Å². The Morgan fingerprint density at radius 3 is 2.55 bits per heavy atom. The topological polar surface area (TPSA) is 53.1 Å². The number of rotatable bonds is 1. The lowest BCUT2D eigenvalue weighted by Crippen LogP contribution is -1.95. The van der Waals surface area contributed by atoms with Crippen LogP contribution >= 0.6 is 0 Å². The SMILES string of the molecule is O=C(O)c1ccc2c(ccc3c4ccccc4[nH]c23)c1. The van der Waals surface area contributed by atoms with Crippen molar-refractivity contribution in [1.29, 1.82) is 0 Å². The van der Waals surface area contributed by atoms with E-state index in [1.807, 2.05) is 36.4 Å². The molecule has 0 spiro atoms. The third kappa shape index (κ3) is 1.43. The highest BCUT2D eigenvalue weighted by Gasteiger charge is 2.09. The van der Waals surface area contributed by atoms with Gasteiger partial charge in [0.15, 0.2) is 0 Å². The Kier molecular flexibility index (Phi) is 2.12. The second kappa shape index (κ2) is 3.84.